The topological polar surface area (TPSA) is 61.5 Å². The zero-order valence-corrected chi connectivity index (χ0v) is 11.4. The molecule has 0 aliphatic carbocycles. The van der Waals surface area contributed by atoms with E-state index in [2.05, 4.69) is 5.92 Å². The van der Waals surface area contributed by atoms with E-state index in [1.54, 1.807) is 36.4 Å². The highest BCUT2D eigenvalue weighted by atomic mass is 16.5. The van der Waals surface area contributed by atoms with Gasteiger partial charge >= 0.3 is 5.97 Å². The molecule has 0 aliphatic heterocycles. The Balaban J connectivity index is 1.93. The highest BCUT2D eigenvalue weighted by Gasteiger charge is 2.06. The molecular formula is C17H15NO3. The number of benzene rings is 2. The van der Waals surface area contributed by atoms with Crippen LogP contribution in [0.2, 0.25) is 0 Å². The van der Waals surface area contributed by atoms with Gasteiger partial charge in [0.2, 0.25) is 0 Å². The molecule has 2 aromatic carbocycles. The van der Waals surface area contributed by atoms with Crippen LogP contribution in [-0.2, 0) is 11.3 Å². The number of anilines is 1. The first-order chi connectivity index (χ1) is 10.2. The molecule has 0 aromatic heterocycles. The molecule has 0 heterocycles. The highest BCUT2D eigenvalue weighted by Crippen LogP contribution is 2.16. The van der Waals surface area contributed by atoms with Gasteiger partial charge in [-0.3, -0.25) is 0 Å². The summed E-state index contributed by atoms with van der Waals surface area (Å²) in [7, 11) is 0. The first-order valence-electron chi connectivity index (χ1n) is 6.37. The summed E-state index contributed by atoms with van der Waals surface area (Å²) < 4.78 is 10.5. The number of ether oxygens (including phenoxy) is 2. The number of esters is 1. The van der Waals surface area contributed by atoms with Gasteiger partial charge in [0.15, 0.2) is 6.61 Å². The van der Waals surface area contributed by atoms with Crippen molar-refractivity contribution in [3.05, 3.63) is 59.7 Å². The van der Waals surface area contributed by atoms with Gasteiger partial charge in [0.1, 0.15) is 12.4 Å². The summed E-state index contributed by atoms with van der Waals surface area (Å²) in [6.45, 7) is 0.363. The third-order valence-electron chi connectivity index (χ3n) is 2.74. The largest absolute Gasteiger partial charge is 0.489 e. The number of terminal acetylenes is 1. The molecule has 0 amide bonds. The van der Waals surface area contributed by atoms with Gasteiger partial charge in [-0.15, -0.1) is 6.42 Å². The molecule has 0 bridgehead atoms. The normalized spacial score (nSPS) is 9.67. The molecule has 4 nitrogen and oxygen atoms in total. The minimum atomic E-state index is -0.434. The Bertz CT molecular complexity index is 656. The van der Waals surface area contributed by atoms with E-state index >= 15 is 0 Å². The smallest absolute Gasteiger partial charge is 0.339 e. The van der Waals surface area contributed by atoms with Crippen molar-refractivity contribution in [3.8, 4) is 18.1 Å². The summed E-state index contributed by atoms with van der Waals surface area (Å²) in [5, 5.41) is 0. The molecule has 106 valence electrons. The Morgan fingerprint density at radius 2 is 1.95 bits per heavy atom. The highest BCUT2D eigenvalue weighted by molar-refractivity contribution is 5.89. The van der Waals surface area contributed by atoms with Gasteiger partial charge in [-0.2, -0.15) is 0 Å². The molecule has 2 N–H and O–H groups in total. The molecule has 4 heteroatoms. The fourth-order valence-corrected chi connectivity index (χ4v) is 1.70. The molecule has 0 atom stereocenters. The number of nitrogen functional groups attached to an aromatic ring is 1. The molecule has 2 aromatic rings. The molecule has 0 spiro atoms. The van der Waals surface area contributed by atoms with Crippen molar-refractivity contribution in [1.29, 1.82) is 0 Å². The lowest BCUT2D eigenvalue weighted by Gasteiger charge is -2.07. The summed E-state index contributed by atoms with van der Waals surface area (Å²) in [5.74, 6) is 2.52. The number of carbonyl (C=O) groups excluding carboxylic acids is 1. The second kappa shape index (κ2) is 7.01. The SMILES string of the molecule is C#CCOC(=O)c1ccc(COc2cccc(N)c2)cc1. The van der Waals surface area contributed by atoms with Crippen LogP contribution in [0.25, 0.3) is 0 Å². The van der Waals surface area contributed by atoms with Crippen molar-refractivity contribution in [2.75, 3.05) is 12.3 Å². The van der Waals surface area contributed by atoms with Crippen LogP contribution in [0.5, 0.6) is 5.75 Å². The zero-order valence-electron chi connectivity index (χ0n) is 11.4. The van der Waals surface area contributed by atoms with Crippen LogP contribution in [-0.4, -0.2) is 12.6 Å². The Morgan fingerprint density at radius 1 is 1.19 bits per heavy atom. The molecule has 0 unspecified atom stereocenters. The third kappa shape index (κ3) is 4.29. The van der Waals surface area contributed by atoms with E-state index in [4.69, 9.17) is 21.6 Å². The molecule has 0 radical (unpaired) electrons. The van der Waals surface area contributed by atoms with E-state index in [0.29, 0.717) is 23.6 Å². The quantitative estimate of drug-likeness (QED) is 0.520. The minimum absolute atomic E-state index is 0.0286. The van der Waals surface area contributed by atoms with E-state index in [9.17, 15) is 4.79 Å². The molecule has 0 saturated heterocycles. The average Bonchev–Trinajstić information content (AvgIpc) is 2.51. The minimum Gasteiger partial charge on any atom is -0.489 e. The van der Waals surface area contributed by atoms with Gasteiger partial charge in [0.25, 0.3) is 0 Å². The number of hydrogen-bond acceptors (Lipinski definition) is 4. The predicted molar refractivity (Wildman–Crippen MR) is 80.7 cm³/mol. The molecule has 0 saturated carbocycles. The maximum absolute atomic E-state index is 11.6. The van der Waals surface area contributed by atoms with Crippen molar-refractivity contribution in [1.82, 2.24) is 0 Å². The van der Waals surface area contributed by atoms with E-state index in [0.717, 1.165) is 5.56 Å². The Kier molecular flexibility index (Phi) is 4.84. The maximum atomic E-state index is 11.6. The van der Waals surface area contributed by atoms with E-state index < -0.39 is 5.97 Å². The van der Waals surface area contributed by atoms with E-state index in [1.807, 2.05) is 12.1 Å². The number of carbonyl (C=O) groups is 1. The van der Waals surface area contributed by atoms with Crippen LogP contribution in [0.3, 0.4) is 0 Å². The molecule has 21 heavy (non-hydrogen) atoms. The van der Waals surface area contributed by atoms with Crippen molar-refractivity contribution in [2.24, 2.45) is 0 Å². The van der Waals surface area contributed by atoms with Gasteiger partial charge in [-0.1, -0.05) is 24.1 Å². The lowest BCUT2D eigenvalue weighted by molar-refractivity contribution is 0.0556. The van der Waals surface area contributed by atoms with Crippen LogP contribution in [0.1, 0.15) is 15.9 Å². The lowest BCUT2D eigenvalue weighted by Crippen LogP contribution is -2.05. The lowest BCUT2D eigenvalue weighted by atomic mass is 10.1. The van der Waals surface area contributed by atoms with Gasteiger partial charge in [-0.25, -0.2) is 4.79 Å². The van der Waals surface area contributed by atoms with Crippen molar-refractivity contribution in [2.45, 2.75) is 6.61 Å². The van der Waals surface area contributed by atoms with Crippen LogP contribution >= 0.6 is 0 Å². The summed E-state index contributed by atoms with van der Waals surface area (Å²) in [4.78, 5) is 11.6. The first kappa shape index (κ1) is 14.5. The van der Waals surface area contributed by atoms with E-state index in [1.165, 1.54) is 0 Å². The summed E-state index contributed by atoms with van der Waals surface area (Å²) in [6, 6.07) is 14.2. The number of hydrogen-bond donors (Lipinski definition) is 1. The second-order valence-electron chi connectivity index (χ2n) is 4.34. The van der Waals surface area contributed by atoms with Gasteiger partial charge in [0.05, 0.1) is 5.56 Å². The maximum Gasteiger partial charge on any atom is 0.339 e. The van der Waals surface area contributed by atoms with Crippen LogP contribution < -0.4 is 10.5 Å². The van der Waals surface area contributed by atoms with Crippen LogP contribution in [0.4, 0.5) is 5.69 Å². The first-order valence-corrected chi connectivity index (χ1v) is 6.37. The monoisotopic (exact) mass is 281 g/mol. The van der Waals surface area contributed by atoms with Crippen LogP contribution in [0, 0.1) is 12.3 Å². The van der Waals surface area contributed by atoms with Gasteiger partial charge in [0, 0.05) is 11.8 Å². The van der Waals surface area contributed by atoms with Crippen LogP contribution in [0.15, 0.2) is 48.5 Å². The average molecular weight is 281 g/mol. The standard InChI is InChI=1S/C17H15NO3/c1-2-10-20-17(19)14-8-6-13(7-9-14)12-21-16-5-3-4-15(18)11-16/h1,3-9,11H,10,12,18H2. The summed E-state index contributed by atoms with van der Waals surface area (Å²) >= 11 is 0. The zero-order chi connectivity index (χ0) is 15.1. The summed E-state index contributed by atoms with van der Waals surface area (Å²) in [6.07, 6.45) is 5.03. The fraction of sp³-hybridized carbons (Fsp3) is 0.118. The second-order valence-corrected chi connectivity index (χ2v) is 4.34. The van der Waals surface area contributed by atoms with Gasteiger partial charge in [-0.05, 0) is 29.8 Å². The molecule has 0 aliphatic rings. The Morgan fingerprint density at radius 3 is 2.62 bits per heavy atom. The van der Waals surface area contributed by atoms with Crippen molar-refractivity contribution in [3.63, 3.8) is 0 Å². The Hall–Kier alpha value is -2.93. The summed E-state index contributed by atoms with van der Waals surface area (Å²) in [5.41, 5.74) is 7.72. The third-order valence-corrected chi connectivity index (χ3v) is 2.74. The Labute approximate surface area is 123 Å². The van der Waals surface area contributed by atoms with Crippen molar-refractivity contribution >= 4 is 11.7 Å². The van der Waals surface area contributed by atoms with Crippen molar-refractivity contribution < 1.29 is 14.3 Å². The van der Waals surface area contributed by atoms with E-state index in [-0.39, 0.29) is 6.61 Å². The molecule has 2 rings (SSSR count). The van der Waals surface area contributed by atoms with Gasteiger partial charge < -0.3 is 15.2 Å². The molecule has 0 fully saturated rings. The molecular weight excluding hydrogens is 266 g/mol. The number of nitrogens with two attached hydrogens (primary N) is 1. The number of rotatable bonds is 5. The fourth-order valence-electron chi connectivity index (χ4n) is 1.70. The predicted octanol–water partition coefficient (Wildman–Crippen LogP) is 2.64.